The fraction of sp³-hybridized carbons (Fsp3) is 0.538. The maximum Gasteiger partial charge on any atom is 0.130 e. The molecule has 1 aromatic carbocycles. The quantitative estimate of drug-likeness (QED) is 0.758. The second-order valence-corrected chi connectivity index (χ2v) is 4.50. The van der Waals surface area contributed by atoms with Crippen LogP contribution in [0.15, 0.2) is 18.2 Å². The summed E-state index contributed by atoms with van der Waals surface area (Å²) in [6.07, 6.45) is 5.21. The van der Waals surface area contributed by atoms with Crippen molar-refractivity contribution in [1.29, 1.82) is 0 Å². The zero-order valence-electron chi connectivity index (χ0n) is 9.31. The minimum atomic E-state index is -0.518. The number of nitrogens with one attached hydrogen (secondary N) is 1. The molecule has 1 saturated carbocycles. The molecule has 16 heavy (non-hydrogen) atoms. The molecule has 0 bridgehead atoms. The summed E-state index contributed by atoms with van der Waals surface area (Å²) in [4.78, 5) is 0. The van der Waals surface area contributed by atoms with Crippen LogP contribution in [-0.2, 0) is 6.54 Å². The van der Waals surface area contributed by atoms with E-state index in [0.29, 0.717) is 12.1 Å². The van der Waals surface area contributed by atoms with Crippen LogP contribution in [0.1, 0.15) is 31.2 Å². The van der Waals surface area contributed by atoms with Crippen LogP contribution in [0, 0.1) is 17.6 Å². The Bertz CT molecular complexity index is 348. The molecule has 0 radical (unpaired) electrons. The van der Waals surface area contributed by atoms with Crippen molar-refractivity contribution in [3.63, 3.8) is 0 Å². The molecule has 3 heteroatoms. The normalized spacial score (nSPS) is 16.1. The third-order valence-electron chi connectivity index (χ3n) is 3.28. The van der Waals surface area contributed by atoms with E-state index in [-0.39, 0.29) is 0 Å². The van der Waals surface area contributed by atoms with E-state index in [1.54, 1.807) is 0 Å². The summed E-state index contributed by atoms with van der Waals surface area (Å²) < 4.78 is 25.9. The van der Waals surface area contributed by atoms with E-state index < -0.39 is 11.6 Å². The van der Waals surface area contributed by atoms with Crippen LogP contribution in [0.2, 0.25) is 0 Å². The van der Waals surface area contributed by atoms with Gasteiger partial charge >= 0.3 is 0 Å². The predicted octanol–water partition coefficient (Wildman–Crippen LogP) is 3.24. The van der Waals surface area contributed by atoms with Gasteiger partial charge in [0.15, 0.2) is 0 Å². The highest BCUT2D eigenvalue weighted by Crippen LogP contribution is 2.28. The van der Waals surface area contributed by atoms with Crippen LogP contribution in [0.3, 0.4) is 0 Å². The average Bonchev–Trinajstić information content (AvgIpc) is 2.18. The van der Waals surface area contributed by atoms with Gasteiger partial charge in [0.1, 0.15) is 11.6 Å². The highest BCUT2D eigenvalue weighted by atomic mass is 19.1. The first-order chi connectivity index (χ1) is 7.75. The van der Waals surface area contributed by atoms with E-state index >= 15 is 0 Å². The van der Waals surface area contributed by atoms with E-state index in [2.05, 4.69) is 5.32 Å². The van der Waals surface area contributed by atoms with Gasteiger partial charge in [0.2, 0.25) is 0 Å². The molecular formula is C13H17F2N. The van der Waals surface area contributed by atoms with Crippen LogP contribution in [0.25, 0.3) is 0 Å². The minimum absolute atomic E-state index is 0.462. The Morgan fingerprint density at radius 1 is 1.25 bits per heavy atom. The summed E-state index contributed by atoms with van der Waals surface area (Å²) in [5.74, 6) is -0.113. The molecule has 1 aliphatic rings. The molecule has 1 N–H and O–H groups in total. The molecule has 0 unspecified atom stereocenters. The monoisotopic (exact) mass is 225 g/mol. The largest absolute Gasteiger partial charge is 0.313 e. The molecule has 88 valence electrons. The molecule has 0 saturated heterocycles. The molecule has 0 aromatic heterocycles. The fourth-order valence-corrected chi connectivity index (χ4v) is 1.98. The summed E-state index contributed by atoms with van der Waals surface area (Å²) in [7, 11) is 0. The highest BCUT2D eigenvalue weighted by Gasteiger charge is 2.16. The second-order valence-electron chi connectivity index (χ2n) is 4.50. The smallest absolute Gasteiger partial charge is 0.130 e. The maximum atomic E-state index is 13.2. The van der Waals surface area contributed by atoms with E-state index in [1.165, 1.54) is 37.8 Å². The highest BCUT2D eigenvalue weighted by molar-refractivity contribution is 5.18. The fourth-order valence-electron chi connectivity index (χ4n) is 1.98. The first kappa shape index (κ1) is 11.5. The lowest BCUT2D eigenvalue weighted by Gasteiger charge is -2.25. The Balaban J connectivity index is 1.71. The second kappa shape index (κ2) is 5.39. The molecule has 0 aliphatic heterocycles. The Kier molecular flexibility index (Phi) is 3.88. The van der Waals surface area contributed by atoms with Gasteiger partial charge in [-0.05, 0) is 24.9 Å². The topological polar surface area (TPSA) is 12.0 Å². The average molecular weight is 225 g/mol. The zero-order chi connectivity index (χ0) is 11.4. The minimum Gasteiger partial charge on any atom is -0.313 e. The van der Waals surface area contributed by atoms with Crippen molar-refractivity contribution in [3.05, 3.63) is 35.4 Å². The molecule has 1 aromatic rings. The van der Waals surface area contributed by atoms with Gasteiger partial charge < -0.3 is 5.32 Å². The van der Waals surface area contributed by atoms with E-state index in [4.69, 9.17) is 0 Å². The number of rotatable bonds is 5. The van der Waals surface area contributed by atoms with Gasteiger partial charge in [-0.2, -0.15) is 0 Å². The third kappa shape index (κ3) is 3.01. The Morgan fingerprint density at radius 2 is 2.06 bits per heavy atom. The predicted molar refractivity (Wildman–Crippen MR) is 60.0 cm³/mol. The summed E-state index contributed by atoms with van der Waals surface area (Å²) >= 11 is 0. The summed E-state index contributed by atoms with van der Waals surface area (Å²) in [5.41, 5.74) is 0.537. The van der Waals surface area contributed by atoms with Crippen molar-refractivity contribution in [1.82, 2.24) is 5.32 Å². The third-order valence-corrected chi connectivity index (χ3v) is 3.28. The molecule has 1 aliphatic carbocycles. The number of halogens is 2. The van der Waals surface area contributed by atoms with Crippen LogP contribution < -0.4 is 5.32 Å². The van der Waals surface area contributed by atoms with Gasteiger partial charge in [-0.3, -0.25) is 0 Å². The summed E-state index contributed by atoms with van der Waals surface area (Å²) in [6, 6.07) is 3.73. The van der Waals surface area contributed by atoms with Crippen LogP contribution >= 0.6 is 0 Å². The molecule has 0 amide bonds. The lowest BCUT2D eigenvalue weighted by Crippen LogP contribution is -2.21. The van der Waals surface area contributed by atoms with Gasteiger partial charge in [0.05, 0.1) is 0 Å². The molecular weight excluding hydrogens is 208 g/mol. The first-order valence-electron chi connectivity index (χ1n) is 5.90. The van der Waals surface area contributed by atoms with Crippen molar-refractivity contribution in [2.24, 2.45) is 5.92 Å². The van der Waals surface area contributed by atoms with Crippen molar-refractivity contribution in [2.75, 3.05) is 6.54 Å². The molecule has 0 spiro atoms. The van der Waals surface area contributed by atoms with Gasteiger partial charge in [-0.25, -0.2) is 8.78 Å². The molecule has 1 nitrogen and oxygen atoms in total. The SMILES string of the molecule is Fc1ccc(CNCCC2CCC2)c(F)c1. The standard InChI is InChI=1S/C13H17F2N/c14-12-5-4-11(13(15)8-12)9-16-7-6-10-2-1-3-10/h4-5,8,10,16H,1-3,6-7,9H2. The van der Waals surface area contributed by atoms with E-state index in [9.17, 15) is 8.78 Å². The molecule has 0 heterocycles. The summed E-state index contributed by atoms with van der Waals surface area (Å²) in [6.45, 7) is 1.40. The zero-order valence-corrected chi connectivity index (χ0v) is 9.31. The Morgan fingerprint density at radius 3 is 2.69 bits per heavy atom. The van der Waals surface area contributed by atoms with E-state index in [0.717, 1.165) is 18.5 Å². The van der Waals surface area contributed by atoms with E-state index in [1.807, 2.05) is 0 Å². The summed E-state index contributed by atoms with van der Waals surface area (Å²) in [5, 5.41) is 3.20. The van der Waals surface area contributed by atoms with Gasteiger partial charge in [0, 0.05) is 18.2 Å². The maximum absolute atomic E-state index is 13.2. The van der Waals surface area contributed by atoms with Gasteiger partial charge in [-0.1, -0.05) is 25.3 Å². The van der Waals surface area contributed by atoms with Crippen molar-refractivity contribution >= 4 is 0 Å². The lowest BCUT2D eigenvalue weighted by atomic mass is 9.83. The van der Waals surface area contributed by atoms with Crippen LogP contribution in [0.4, 0.5) is 8.78 Å². The number of hydrogen-bond acceptors (Lipinski definition) is 1. The van der Waals surface area contributed by atoms with Crippen molar-refractivity contribution in [2.45, 2.75) is 32.2 Å². The van der Waals surface area contributed by atoms with Gasteiger partial charge in [0.25, 0.3) is 0 Å². The molecule has 0 atom stereocenters. The first-order valence-corrected chi connectivity index (χ1v) is 5.90. The van der Waals surface area contributed by atoms with Crippen molar-refractivity contribution in [3.8, 4) is 0 Å². The lowest BCUT2D eigenvalue weighted by molar-refractivity contribution is 0.292. The number of hydrogen-bond donors (Lipinski definition) is 1. The van der Waals surface area contributed by atoms with Crippen LogP contribution in [-0.4, -0.2) is 6.54 Å². The Labute approximate surface area is 94.9 Å². The van der Waals surface area contributed by atoms with Gasteiger partial charge in [-0.15, -0.1) is 0 Å². The van der Waals surface area contributed by atoms with Crippen LogP contribution in [0.5, 0.6) is 0 Å². The molecule has 1 fully saturated rings. The molecule has 2 rings (SSSR count). The Hall–Kier alpha value is -0.960. The number of benzene rings is 1. The van der Waals surface area contributed by atoms with Crippen molar-refractivity contribution < 1.29 is 8.78 Å².